The molecule has 0 aliphatic carbocycles. The maximum atomic E-state index is 12.5. The minimum atomic E-state index is -0.807. The predicted molar refractivity (Wildman–Crippen MR) is 79.5 cm³/mol. The van der Waals surface area contributed by atoms with Crippen LogP contribution in [-0.4, -0.2) is 35.0 Å². The Balaban J connectivity index is 2.06. The molecule has 108 valence electrons. The van der Waals surface area contributed by atoms with Gasteiger partial charge in [-0.05, 0) is 37.5 Å². The van der Waals surface area contributed by atoms with E-state index in [0.717, 1.165) is 16.5 Å². The fourth-order valence-electron chi connectivity index (χ4n) is 2.55. The van der Waals surface area contributed by atoms with Gasteiger partial charge in [-0.25, -0.2) is 0 Å². The second kappa shape index (κ2) is 6.39. The first-order chi connectivity index (χ1) is 9.49. The van der Waals surface area contributed by atoms with Crippen LogP contribution < -0.4 is 0 Å². The summed E-state index contributed by atoms with van der Waals surface area (Å²) >= 11 is 3.37. The van der Waals surface area contributed by atoms with Crippen LogP contribution in [0.2, 0.25) is 0 Å². The summed E-state index contributed by atoms with van der Waals surface area (Å²) in [5.41, 5.74) is 0.954. The van der Waals surface area contributed by atoms with Gasteiger partial charge in [0.1, 0.15) is 0 Å². The van der Waals surface area contributed by atoms with Crippen molar-refractivity contribution in [1.29, 1.82) is 0 Å². The van der Waals surface area contributed by atoms with E-state index in [2.05, 4.69) is 15.9 Å². The highest BCUT2D eigenvalue weighted by Gasteiger charge is 2.30. The van der Waals surface area contributed by atoms with E-state index in [1.54, 1.807) is 4.90 Å². The average molecular weight is 340 g/mol. The van der Waals surface area contributed by atoms with Gasteiger partial charge in [0.2, 0.25) is 5.91 Å². The van der Waals surface area contributed by atoms with Crippen LogP contribution in [0.25, 0.3) is 0 Å². The van der Waals surface area contributed by atoms with Gasteiger partial charge in [0.05, 0.1) is 11.8 Å². The molecule has 4 nitrogen and oxygen atoms in total. The maximum absolute atomic E-state index is 12.5. The van der Waals surface area contributed by atoms with E-state index in [-0.39, 0.29) is 11.8 Å². The number of carboxylic acid groups (broad SMARTS) is 1. The lowest BCUT2D eigenvalue weighted by molar-refractivity contribution is -0.146. The molecule has 1 aliphatic rings. The van der Waals surface area contributed by atoms with Crippen molar-refractivity contribution in [3.8, 4) is 0 Å². The number of nitrogens with zero attached hydrogens (tertiary/aromatic N) is 1. The average Bonchev–Trinajstić information content (AvgIpc) is 2.46. The van der Waals surface area contributed by atoms with E-state index >= 15 is 0 Å². The molecule has 0 saturated carbocycles. The van der Waals surface area contributed by atoms with Gasteiger partial charge >= 0.3 is 5.97 Å². The normalized spacial score (nSPS) is 20.5. The van der Waals surface area contributed by atoms with E-state index < -0.39 is 11.9 Å². The number of carboxylic acids is 1. The lowest BCUT2D eigenvalue weighted by atomic mass is 9.94. The van der Waals surface area contributed by atoms with E-state index in [4.69, 9.17) is 5.11 Å². The standard InChI is InChI=1S/C15H18BrNO3/c1-10(11-4-6-13(16)7-5-11)14(18)17-8-2-3-12(9-17)15(19)20/h4-7,10,12H,2-3,8-9H2,1H3,(H,19,20)/t10?,12-/m0/s1. The third kappa shape index (κ3) is 3.39. The third-order valence-corrected chi connectivity index (χ3v) is 4.35. The molecule has 1 aromatic rings. The zero-order valence-electron chi connectivity index (χ0n) is 11.4. The number of rotatable bonds is 3. The molecule has 20 heavy (non-hydrogen) atoms. The van der Waals surface area contributed by atoms with E-state index in [1.807, 2.05) is 31.2 Å². The van der Waals surface area contributed by atoms with Crippen molar-refractivity contribution >= 4 is 27.8 Å². The zero-order chi connectivity index (χ0) is 14.7. The molecule has 0 aromatic heterocycles. The van der Waals surface area contributed by atoms with Crippen molar-refractivity contribution in [3.63, 3.8) is 0 Å². The van der Waals surface area contributed by atoms with Gasteiger partial charge < -0.3 is 10.0 Å². The summed E-state index contributed by atoms with van der Waals surface area (Å²) in [5, 5.41) is 9.08. The first kappa shape index (κ1) is 15.0. The SMILES string of the molecule is CC(C(=O)N1CCC[C@H](C(=O)O)C1)c1ccc(Br)cc1. The molecule has 0 spiro atoms. The maximum Gasteiger partial charge on any atom is 0.308 e. The molecule has 2 atom stereocenters. The molecular formula is C15H18BrNO3. The van der Waals surface area contributed by atoms with Crippen LogP contribution in [0.1, 0.15) is 31.2 Å². The summed E-state index contributed by atoms with van der Waals surface area (Å²) < 4.78 is 0.977. The molecule has 1 unspecified atom stereocenters. The fourth-order valence-corrected chi connectivity index (χ4v) is 2.81. The van der Waals surface area contributed by atoms with E-state index in [1.165, 1.54) is 0 Å². The van der Waals surface area contributed by atoms with Crippen LogP contribution in [0.15, 0.2) is 28.7 Å². The monoisotopic (exact) mass is 339 g/mol. The van der Waals surface area contributed by atoms with Gasteiger partial charge in [0.25, 0.3) is 0 Å². The van der Waals surface area contributed by atoms with Gasteiger partial charge in [-0.3, -0.25) is 9.59 Å². The van der Waals surface area contributed by atoms with E-state index in [9.17, 15) is 9.59 Å². The topological polar surface area (TPSA) is 57.6 Å². The molecule has 1 heterocycles. The highest BCUT2D eigenvalue weighted by molar-refractivity contribution is 9.10. The van der Waals surface area contributed by atoms with Crippen molar-refractivity contribution in [2.75, 3.05) is 13.1 Å². The fraction of sp³-hybridized carbons (Fsp3) is 0.467. The van der Waals surface area contributed by atoms with Gasteiger partial charge in [-0.15, -0.1) is 0 Å². The van der Waals surface area contributed by atoms with Crippen molar-refractivity contribution in [1.82, 2.24) is 4.90 Å². The van der Waals surface area contributed by atoms with Crippen LogP contribution >= 0.6 is 15.9 Å². The number of carbonyl (C=O) groups is 2. The predicted octanol–water partition coefficient (Wildman–Crippen LogP) is 2.88. The van der Waals surface area contributed by atoms with Gasteiger partial charge in [-0.2, -0.15) is 0 Å². The van der Waals surface area contributed by atoms with Crippen LogP contribution in [-0.2, 0) is 9.59 Å². The van der Waals surface area contributed by atoms with Gasteiger partial charge in [0.15, 0.2) is 0 Å². The van der Waals surface area contributed by atoms with Crippen LogP contribution in [0.3, 0.4) is 0 Å². The van der Waals surface area contributed by atoms with Gasteiger partial charge in [-0.1, -0.05) is 28.1 Å². The molecule has 1 saturated heterocycles. The first-order valence-electron chi connectivity index (χ1n) is 6.76. The summed E-state index contributed by atoms with van der Waals surface area (Å²) in [6.07, 6.45) is 1.42. The Morgan fingerprint density at radius 1 is 1.35 bits per heavy atom. The highest BCUT2D eigenvalue weighted by atomic mass is 79.9. The van der Waals surface area contributed by atoms with Crippen molar-refractivity contribution < 1.29 is 14.7 Å². The number of carbonyl (C=O) groups excluding carboxylic acids is 1. The first-order valence-corrected chi connectivity index (χ1v) is 7.55. The van der Waals surface area contributed by atoms with Crippen molar-refractivity contribution in [2.24, 2.45) is 5.92 Å². The molecule has 5 heteroatoms. The molecule has 1 fully saturated rings. The molecule has 1 aliphatic heterocycles. The van der Waals surface area contributed by atoms with Crippen LogP contribution in [0.5, 0.6) is 0 Å². The summed E-state index contributed by atoms with van der Waals surface area (Å²) in [7, 11) is 0. The Hall–Kier alpha value is -1.36. The molecule has 1 N–H and O–H groups in total. The molecule has 2 rings (SSSR count). The summed E-state index contributed by atoms with van der Waals surface area (Å²) in [6, 6.07) is 7.67. The third-order valence-electron chi connectivity index (χ3n) is 3.82. The lowest BCUT2D eigenvalue weighted by Crippen LogP contribution is -2.43. The van der Waals surface area contributed by atoms with Crippen LogP contribution in [0.4, 0.5) is 0 Å². The molecule has 1 amide bonds. The molecular weight excluding hydrogens is 322 g/mol. The van der Waals surface area contributed by atoms with Crippen molar-refractivity contribution in [2.45, 2.75) is 25.7 Å². The number of hydrogen-bond acceptors (Lipinski definition) is 2. The summed E-state index contributed by atoms with van der Waals surface area (Å²) in [5.74, 6) is -1.46. The molecule has 1 aromatic carbocycles. The minimum absolute atomic E-state index is 0.0123. The summed E-state index contributed by atoms with van der Waals surface area (Å²) in [4.78, 5) is 25.2. The molecule has 0 radical (unpaired) electrons. The van der Waals surface area contributed by atoms with Crippen LogP contribution in [0, 0.1) is 5.92 Å². The second-order valence-corrected chi connectivity index (χ2v) is 6.15. The Bertz CT molecular complexity index is 500. The summed E-state index contributed by atoms with van der Waals surface area (Å²) in [6.45, 7) is 2.86. The highest BCUT2D eigenvalue weighted by Crippen LogP contribution is 2.24. The largest absolute Gasteiger partial charge is 0.481 e. The molecule has 0 bridgehead atoms. The second-order valence-electron chi connectivity index (χ2n) is 5.23. The Morgan fingerprint density at radius 3 is 2.60 bits per heavy atom. The zero-order valence-corrected chi connectivity index (χ0v) is 13.0. The number of piperidine rings is 1. The number of likely N-dealkylation sites (tertiary alicyclic amines) is 1. The smallest absolute Gasteiger partial charge is 0.308 e. The van der Waals surface area contributed by atoms with Gasteiger partial charge in [0, 0.05) is 17.6 Å². The minimum Gasteiger partial charge on any atom is -0.481 e. The van der Waals surface area contributed by atoms with E-state index in [0.29, 0.717) is 19.5 Å². The number of benzene rings is 1. The van der Waals surface area contributed by atoms with Crippen molar-refractivity contribution in [3.05, 3.63) is 34.3 Å². The lowest BCUT2D eigenvalue weighted by Gasteiger charge is -2.32. The quantitative estimate of drug-likeness (QED) is 0.921. The number of hydrogen-bond donors (Lipinski definition) is 1. The Labute approximate surface area is 126 Å². The number of amides is 1. The number of aliphatic carboxylic acids is 1. The Morgan fingerprint density at radius 2 is 2.00 bits per heavy atom. The number of halogens is 1. The Kier molecular flexibility index (Phi) is 4.81.